The molecular weight excluding hydrogens is 384 g/mol. The number of carbonyl (C=O) groups is 3. The van der Waals surface area contributed by atoms with Gasteiger partial charge in [-0.3, -0.25) is 25.1 Å². The molecule has 1 aromatic carbocycles. The van der Waals surface area contributed by atoms with Gasteiger partial charge in [0.1, 0.15) is 10.7 Å². The summed E-state index contributed by atoms with van der Waals surface area (Å²) in [6.45, 7) is 5.67. The van der Waals surface area contributed by atoms with E-state index in [0.29, 0.717) is 17.8 Å². The van der Waals surface area contributed by atoms with Gasteiger partial charge < -0.3 is 4.74 Å². The largest absolute Gasteiger partial charge is 0.449 e. The van der Waals surface area contributed by atoms with Gasteiger partial charge in [0.15, 0.2) is 6.10 Å². The molecule has 150 valence electrons. The second-order valence-electron chi connectivity index (χ2n) is 6.18. The van der Waals surface area contributed by atoms with Crippen molar-refractivity contribution in [2.75, 3.05) is 0 Å². The number of ether oxygens (including phenoxy) is 1. The minimum Gasteiger partial charge on any atom is -0.449 e. The fourth-order valence-electron chi connectivity index (χ4n) is 2.40. The van der Waals surface area contributed by atoms with Crippen molar-refractivity contribution in [1.29, 1.82) is 0 Å². The van der Waals surface area contributed by atoms with Crippen molar-refractivity contribution in [3.05, 3.63) is 52.3 Å². The molecule has 0 unspecified atom stereocenters. The number of benzene rings is 1. The van der Waals surface area contributed by atoms with E-state index in [4.69, 9.17) is 16.3 Å². The molecule has 1 aromatic heterocycles. The first kappa shape index (κ1) is 21.4. The smallest absolute Gasteiger partial charge is 0.343 e. The van der Waals surface area contributed by atoms with Crippen LogP contribution in [0.1, 0.15) is 53.1 Å². The third kappa shape index (κ3) is 5.32. The number of amides is 2. The lowest BCUT2D eigenvalue weighted by Crippen LogP contribution is -2.46. The molecule has 0 aliphatic carbocycles. The highest BCUT2D eigenvalue weighted by molar-refractivity contribution is 6.32. The van der Waals surface area contributed by atoms with Gasteiger partial charge in [-0.2, -0.15) is 5.10 Å². The summed E-state index contributed by atoms with van der Waals surface area (Å²) < 4.78 is 6.72. The lowest BCUT2D eigenvalue weighted by Gasteiger charge is -2.14. The number of nitrogens with zero attached hydrogens (tertiary/aromatic N) is 2. The van der Waals surface area contributed by atoms with Crippen LogP contribution in [0, 0.1) is 6.92 Å². The van der Waals surface area contributed by atoms with E-state index in [0.717, 1.165) is 12.8 Å². The molecule has 1 heterocycles. The monoisotopic (exact) mass is 406 g/mol. The Morgan fingerprint density at radius 1 is 1.21 bits per heavy atom. The third-order valence-corrected chi connectivity index (χ3v) is 4.37. The number of halogens is 1. The summed E-state index contributed by atoms with van der Waals surface area (Å²) in [5.41, 5.74) is 5.44. The maximum atomic E-state index is 12.4. The van der Waals surface area contributed by atoms with Gasteiger partial charge in [0.25, 0.3) is 11.8 Å². The maximum Gasteiger partial charge on any atom is 0.343 e. The van der Waals surface area contributed by atoms with Gasteiger partial charge in [-0.15, -0.1) is 0 Å². The van der Waals surface area contributed by atoms with Crippen LogP contribution in [0.25, 0.3) is 0 Å². The van der Waals surface area contributed by atoms with Gasteiger partial charge in [-0.25, -0.2) is 4.79 Å². The number of carbonyl (C=O) groups excluding carboxylic acids is 3. The number of nitrogens with one attached hydrogen (secondary N) is 2. The van der Waals surface area contributed by atoms with Gasteiger partial charge in [-0.1, -0.05) is 43.1 Å². The summed E-state index contributed by atoms with van der Waals surface area (Å²) in [5, 5.41) is 4.42. The molecule has 2 N–H and O–H groups in total. The topological polar surface area (TPSA) is 102 Å². The lowest BCUT2D eigenvalue weighted by atomic mass is 10.2. The minimum absolute atomic E-state index is 0.130. The van der Waals surface area contributed by atoms with Crippen LogP contribution in [0.4, 0.5) is 0 Å². The van der Waals surface area contributed by atoms with E-state index in [-0.39, 0.29) is 10.7 Å². The number of hydrazine groups is 1. The molecular formula is C19H23ClN4O4. The molecule has 2 aromatic rings. The van der Waals surface area contributed by atoms with Gasteiger partial charge in [-0.05, 0) is 32.4 Å². The second-order valence-corrected chi connectivity index (χ2v) is 6.54. The predicted octanol–water partition coefficient (Wildman–Crippen LogP) is 2.65. The number of unbranched alkanes of at least 4 members (excludes halogenated alkanes) is 1. The van der Waals surface area contributed by atoms with E-state index in [2.05, 4.69) is 16.0 Å². The van der Waals surface area contributed by atoms with Gasteiger partial charge in [0, 0.05) is 12.1 Å². The molecule has 0 radical (unpaired) electrons. The van der Waals surface area contributed by atoms with E-state index < -0.39 is 23.9 Å². The Hall–Kier alpha value is -2.87. The Balaban J connectivity index is 1.94. The van der Waals surface area contributed by atoms with E-state index >= 15 is 0 Å². The summed E-state index contributed by atoms with van der Waals surface area (Å²) in [5.74, 6) is -1.91. The Kier molecular flexibility index (Phi) is 7.57. The van der Waals surface area contributed by atoms with Crippen LogP contribution in [0.15, 0.2) is 30.3 Å². The molecule has 0 aliphatic rings. The van der Waals surface area contributed by atoms with Crippen LogP contribution < -0.4 is 10.9 Å². The second kappa shape index (κ2) is 9.89. The molecule has 0 spiro atoms. The number of hydrogen-bond donors (Lipinski definition) is 2. The van der Waals surface area contributed by atoms with Gasteiger partial charge >= 0.3 is 5.97 Å². The first-order valence-electron chi connectivity index (χ1n) is 8.94. The number of aryl methyl sites for hydroxylation is 2. The highest BCUT2D eigenvalue weighted by Crippen LogP contribution is 2.21. The number of esters is 1. The van der Waals surface area contributed by atoms with Crippen molar-refractivity contribution < 1.29 is 19.1 Å². The quantitative estimate of drug-likeness (QED) is 0.543. The molecule has 28 heavy (non-hydrogen) atoms. The van der Waals surface area contributed by atoms with E-state index in [1.807, 2.05) is 6.92 Å². The van der Waals surface area contributed by atoms with Crippen molar-refractivity contribution in [3.8, 4) is 0 Å². The van der Waals surface area contributed by atoms with E-state index in [9.17, 15) is 14.4 Å². The SMILES string of the molecule is CCCCn1nc(C)c(C(=O)O[C@@H](C)C(=O)NNC(=O)c2ccccc2)c1Cl. The average Bonchev–Trinajstić information content (AvgIpc) is 2.97. The van der Waals surface area contributed by atoms with Crippen molar-refractivity contribution >= 4 is 29.4 Å². The van der Waals surface area contributed by atoms with Crippen LogP contribution in [0.5, 0.6) is 0 Å². The van der Waals surface area contributed by atoms with Crippen molar-refractivity contribution in [2.24, 2.45) is 0 Å². The third-order valence-electron chi connectivity index (χ3n) is 3.98. The van der Waals surface area contributed by atoms with Gasteiger partial charge in [0.05, 0.1) is 5.69 Å². The Morgan fingerprint density at radius 3 is 2.54 bits per heavy atom. The lowest BCUT2D eigenvalue weighted by molar-refractivity contribution is -0.129. The maximum absolute atomic E-state index is 12.4. The number of hydrogen-bond acceptors (Lipinski definition) is 5. The molecule has 0 aliphatic heterocycles. The first-order chi connectivity index (χ1) is 13.3. The molecule has 0 fully saturated rings. The fraction of sp³-hybridized carbons (Fsp3) is 0.368. The molecule has 9 heteroatoms. The van der Waals surface area contributed by atoms with Crippen LogP contribution >= 0.6 is 11.6 Å². The van der Waals surface area contributed by atoms with Crippen LogP contribution in [0.2, 0.25) is 5.15 Å². The summed E-state index contributed by atoms with van der Waals surface area (Å²) in [4.78, 5) is 36.5. The van der Waals surface area contributed by atoms with E-state index in [1.54, 1.807) is 41.9 Å². The molecule has 1 atom stereocenters. The molecule has 0 bridgehead atoms. The van der Waals surface area contributed by atoms with Crippen LogP contribution in [-0.2, 0) is 16.1 Å². The molecule has 0 saturated carbocycles. The summed E-state index contributed by atoms with van der Waals surface area (Å²) in [6.07, 6.45) is 0.689. The zero-order chi connectivity index (χ0) is 20.7. The average molecular weight is 407 g/mol. The standard InChI is InChI=1S/C19H23ClN4O4/c1-4-5-11-24-16(20)15(12(2)23-24)19(27)28-13(3)17(25)21-22-18(26)14-9-7-6-8-10-14/h6-10,13H,4-5,11H2,1-3H3,(H,21,25)(H,22,26)/t13-/m0/s1. The predicted molar refractivity (Wildman–Crippen MR) is 104 cm³/mol. The zero-order valence-corrected chi connectivity index (χ0v) is 16.7. The zero-order valence-electron chi connectivity index (χ0n) is 16.0. The van der Waals surface area contributed by atoms with E-state index in [1.165, 1.54) is 6.92 Å². The fourth-order valence-corrected chi connectivity index (χ4v) is 2.73. The van der Waals surface area contributed by atoms with Crippen molar-refractivity contribution in [1.82, 2.24) is 20.6 Å². The van der Waals surface area contributed by atoms with Gasteiger partial charge in [0.2, 0.25) is 0 Å². The number of rotatable bonds is 7. The molecule has 8 nitrogen and oxygen atoms in total. The summed E-state index contributed by atoms with van der Waals surface area (Å²) in [6, 6.07) is 8.38. The molecule has 0 saturated heterocycles. The normalized spacial score (nSPS) is 11.6. The van der Waals surface area contributed by atoms with Crippen LogP contribution in [0.3, 0.4) is 0 Å². The summed E-state index contributed by atoms with van der Waals surface area (Å²) >= 11 is 6.24. The summed E-state index contributed by atoms with van der Waals surface area (Å²) in [7, 11) is 0. The van der Waals surface area contributed by atoms with Crippen LogP contribution in [-0.4, -0.2) is 33.7 Å². The number of aromatic nitrogens is 2. The molecule has 2 rings (SSSR count). The minimum atomic E-state index is -1.14. The Morgan fingerprint density at radius 2 is 1.89 bits per heavy atom. The first-order valence-corrected chi connectivity index (χ1v) is 9.32. The highest BCUT2D eigenvalue weighted by atomic mass is 35.5. The Bertz CT molecular complexity index is 851. The molecule has 2 amide bonds. The Labute approximate surface area is 168 Å². The van der Waals surface area contributed by atoms with Crippen molar-refractivity contribution in [3.63, 3.8) is 0 Å². The van der Waals surface area contributed by atoms with Crippen molar-refractivity contribution in [2.45, 2.75) is 46.3 Å². The highest BCUT2D eigenvalue weighted by Gasteiger charge is 2.25.